The molecule has 0 rings (SSSR count). The maximum Gasteiger partial charge on any atom is 0.303 e. The summed E-state index contributed by atoms with van der Waals surface area (Å²) in [6, 6.07) is 0. The molecular weight excluding hydrogens is 384 g/mol. The highest BCUT2D eigenvalue weighted by atomic mass is 16.4. The average molecular weight is 437 g/mol. The molecule has 2 N–H and O–H groups in total. The van der Waals surface area contributed by atoms with E-state index in [1.165, 1.54) is 83.5 Å². The maximum absolute atomic E-state index is 10.4. The monoisotopic (exact) mass is 436 g/mol. The summed E-state index contributed by atoms with van der Waals surface area (Å²) in [6.45, 7) is 2.19. The van der Waals surface area contributed by atoms with E-state index in [9.17, 15) is 9.90 Å². The highest BCUT2D eigenvalue weighted by molar-refractivity contribution is 5.66. The summed E-state index contributed by atoms with van der Waals surface area (Å²) in [5, 5.41) is 18.6. The van der Waals surface area contributed by atoms with Crippen LogP contribution >= 0.6 is 0 Å². The van der Waals surface area contributed by atoms with E-state index in [0.29, 0.717) is 6.42 Å². The minimum Gasteiger partial charge on any atom is -0.481 e. The second-order valence-electron chi connectivity index (χ2n) is 9.09. The van der Waals surface area contributed by atoms with Gasteiger partial charge in [0.2, 0.25) is 0 Å². The molecule has 0 aromatic heterocycles. The molecule has 0 radical (unpaired) electrons. The van der Waals surface area contributed by atoms with E-state index < -0.39 is 5.97 Å². The molecule has 0 bridgehead atoms. The van der Waals surface area contributed by atoms with Crippen LogP contribution in [0.2, 0.25) is 0 Å². The van der Waals surface area contributed by atoms with Crippen LogP contribution in [0, 0.1) is 0 Å². The average Bonchev–Trinajstić information content (AvgIpc) is 2.75. The standard InChI is InChI=1S/C28H52O3/c1-2-3-4-5-15-18-21-24-27(29)25-22-19-16-13-11-9-7-6-8-10-12-14-17-20-23-26-28(30)31/h4-5,18,21,27,29H,2-3,6-17,19-20,22-26H2,1H3,(H,30,31). The number of aliphatic hydroxyl groups excluding tert-OH is 1. The Morgan fingerprint density at radius 2 is 1.13 bits per heavy atom. The van der Waals surface area contributed by atoms with E-state index in [2.05, 4.69) is 31.2 Å². The van der Waals surface area contributed by atoms with Crippen molar-refractivity contribution in [2.45, 2.75) is 148 Å². The van der Waals surface area contributed by atoms with Gasteiger partial charge in [-0.15, -0.1) is 0 Å². The number of aliphatic carboxylic acids is 1. The molecule has 0 aliphatic rings. The third-order valence-corrected chi connectivity index (χ3v) is 5.90. The molecule has 0 aromatic carbocycles. The first-order valence-corrected chi connectivity index (χ1v) is 13.4. The largest absolute Gasteiger partial charge is 0.481 e. The topological polar surface area (TPSA) is 57.5 Å². The second kappa shape index (κ2) is 25.2. The molecule has 0 spiro atoms. The minimum absolute atomic E-state index is 0.166. The Bertz CT molecular complexity index is 428. The van der Waals surface area contributed by atoms with E-state index in [4.69, 9.17) is 5.11 Å². The predicted molar refractivity (Wildman–Crippen MR) is 135 cm³/mol. The summed E-state index contributed by atoms with van der Waals surface area (Å²) in [5.41, 5.74) is 0. The van der Waals surface area contributed by atoms with Gasteiger partial charge < -0.3 is 10.2 Å². The van der Waals surface area contributed by atoms with Gasteiger partial charge in [0.1, 0.15) is 0 Å². The molecule has 0 amide bonds. The number of hydrogen-bond acceptors (Lipinski definition) is 2. The van der Waals surface area contributed by atoms with E-state index in [1.807, 2.05) is 0 Å². The van der Waals surface area contributed by atoms with Crippen molar-refractivity contribution < 1.29 is 15.0 Å². The number of hydrogen-bond donors (Lipinski definition) is 2. The Balaban J connectivity index is 3.20. The Kier molecular flexibility index (Phi) is 24.3. The normalized spacial score (nSPS) is 12.8. The summed E-state index contributed by atoms with van der Waals surface area (Å²) in [7, 11) is 0. The molecule has 31 heavy (non-hydrogen) atoms. The minimum atomic E-state index is -0.663. The predicted octanol–water partition coefficient (Wildman–Crippen LogP) is 8.76. The number of rotatable bonds is 24. The Labute approximate surface area is 193 Å². The van der Waals surface area contributed by atoms with Gasteiger partial charge in [-0.1, -0.05) is 128 Å². The van der Waals surface area contributed by atoms with Gasteiger partial charge in [0.25, 0.3) is 0 Å². The fourth-order valence-corrected chi connectivity index (χ4v) is 3.88. The summed E-state index contributed by atoms with van der Waals surface area (Å²) in [6.07, 6.45) is 32.9. The third-order valence-electron chi connectivity index (χ3n) is 5.90. The quantitative estimate of drug-likeness (QED) is 0.117. The Hall–Kier alpha value is -1.09. The van der Waals surface area contributed by atoms with Crippen LogP contribution in [0.5, 0.6) is 0 Å². The highest BCUT2D eigenvalue weighted by Gasteiger charge is 2.01. The van der Waals surface area contributed by atoms with Gasteiger partial charge in [0.05, 0.1) is 6.10 Å². The molecule has 0 aromatic rings. The number of carbonyl (C=O) groups is 1. The molecular formula is C28H52O3. The zero-order valence-corrected chi connectivity index (χ0v) is 20.5. The lowest BCUT2D eigenvalue weighted by atomic mass is 10.0. The van der Waals surface area contributed by atoms with Crippen molar-refractivity contribution in [2.24, 2.45) is 0 Å². The van der Waals surface area contributed by atoms with E-state index in [-0.39, 0.29) is 6.10 Å². The van der Waals surface area contributed by atoms with Gasteiger partial charge in [-0.2, -0.15) is 0 Å². The molecule has 0 heterocycles. The number of carboxylic acid groups (broad SMARTS) is 1. The van der Waals surface area contributed by atoms with Gasteiger partial charge in [-0.05, 0) is 32.1 Å². The van der Waals surface area contributed by atoms with Crippen molar-refractivity contribution in [1.29, 1.82) is 0 Å². The SMILES string of the molecule is CCCC=CCC=CCC(O)CCCCCCCCCCCCCCCCCC(=O)O. The van der Waals surface area contributed by atoms with Crippen molar-refractivity contribution in [1.82, 2.24) is 0 Å². The smallest absolute Gasteiger partial charge is 0.303 e. The van der Waals surface area contributed by atoms with Crippen molar-refractivity contribution in [3.8, 4) is 0 Å². The molecule has 0 aliphatic heterocycles. The molecule has 1 unspecified atom stereocenters. The van der Waals surface area contributed by atoms with Gasteiger partial charge in [0, 0.05) is 6.42 Å². The molecule has 0 fully saturated rings. The zero-order valence-electron chi connectivity index (χ0n) is 20.5. The van der Waals surface area contributed by atoms with E-state index in [1.54, 1.807) is 0 Å². The van der Waals surface area contributed by atoms with Gasteiger partial charge >= 0.3 is 5.97 Å². The van der Waals surface area contributed by atoms with Crippen molar-refractivity contribution in [2.75, 3.05) is 0 Å². The van der Waals surface area contributed by atoms with Crippen LogP contribution in [-0.2, 0) is 4.79 Å². The second-order valence-corrected chi connectivity index (χ2v) is 9.09. The van der Waals surface area contributed by atoms with Crippen molar-refractivity contribution >= 4 is 5.97 Å². The van der Waals surface area contributed by atoms with Crippen LogP contribution in [0.3, 0.4) is 0 Å². The summed E-state index contributed by atoms with van der Waals surface area (Å²) in [4.78, 5) is 10.4. The van der Waals surface area contributed by atoms with Crippen LogP contribution < -0.4 is 0 Å². The molecule has 3 nitrogen and oxygen atoms in total. The summed E-state index contributed by atoms with van der Waals surface area (Å²) in [5.74, 6) is -0.663. The fraction of sp³-hybridized carbons (Fsp3) is 0.821. The Morgan fingerprint density at radius 3 is 1.61 bits per heavy atom. The molecule has 0 saturated heterocycles. The number of carboxylic acids is 1. The zero-order chi connectivity index (χ0) is 22.8. The lowest BCUT2D eigenvalue weighted by Crippen LogP contribution is -2.04. The summed E-state index contributed by atoms with van der Waals surface area (Å²) >= 11 is 0. The third kappa shape index (κ3) is 26.9. The van der Waals surface area contributed by atoms with Crippen LogP contribution in [0.25, 0.3) is 0 Å². The van der Waals surface area contributed by atoms with Crippen molar-refractivity contribution in [3.63, 3.8) is 0 Å². The lowest BCUT2D eigenvalue weighted by molar-refractivity contribution is -0.137. The van der Waals surface area contributed by atoms with Crippen LogP contribution in [0.15, 0.2) is 24.3 Å². The number of allylic oxidation sites excluding steroid dienone is 3. The van der Waals surface area contributed by atoms with Gasteiger partial charge in [-0.3, -0.25) is 4.79 Å². The number of aliphatic hydroxyl groups is 1. The maximum atomic E-state index is 10.4. The first kappa shape index (κ1) is 29.9. The Morgan fingerprint density at radius 1 is 0.677 bits per heavy atom. The lowest BCUT2D eigenvalue weighted by Gasteiger charge is -2.07. The first-order chi connectivity index (χ1) is 15.2. The highest BCUT2D eigenvalue weighted by Crippen LogP contribution is 2.15. The first-order valence-electron chi connectivity index (χ1n) is 13.4. The van der Waals surface area contributed by atoms with Crippen molar-refractivity contribution in [3.05, 3.63) is 24.3 Å². The molecule has 3 heteroatoms. The summed E-state index contributed by atoms with van der Waals surface area (Å²) < 4.78 is 0. The number of unbranched alkanes of at least 4 members (excludes halogenated alkanes) is 15. The van der Waals surface area contributed by atoms with E-state index >= 15 is 0 Å². The fourth-order valence-electron chi connectivity index (χ4n) is 3.88. The van der Waals surface area contributed by atoms with Gasteiger partial charge in [0.15, 0.2) is 0 Å². The van der Waals surface area contributed by atoms with Crippen LogP contribution in [0.1, 0.15) is 142 Å². The van der Waals surface area contributed by atoms with Gasteiger partial charge in [-0.25, -0.2) is 0 Å². The van der Waals surface area contributed by atoms with Crippen LogP contribution in [-0.4, -0.2) is 22.3 Å². The van der Waals surface area contributed by atoms with Crippen LogP contribution in [0.4, 0.5) is 0 Å². The molecule has 182 valence electrons. The molecule has 0 aliphatic carbocycles. The molecule has 0 saturated carbocycles. The molecule has 1 atom stereocenters. The van der Waals surface area contributed by atoms with E-state index in [0.717, 1.165) is 44.9 Å².